The molecule has 0 bridgehead atoms. The third-order valence-corrected chi connectivity index (χ3v) is 6.65. The normalized spacial score (nSPS) is 14.8. The van der Waals surface area contributed by atoms with Gasteiger partial charge in [0.15, 0.2) is 5.78 Å². The van der Waals surface area contributed by atoms with Crippen LogP contribution in [0.25, 0.3) is 16.7 Å². The van der Waals surface area contributed by atoms with Gasteiger partial charge in [0.05, 0.1) is 0 Å². The van der Waals surface area contributed by atoms with E-state index in [9.17, 15) is 9.59 Å². The Bertz CT molecular complexity index is 1420. The van der Waals surface area contributed by atoms with Gasteiger partial charge in [0, 0.05) is 29.8 Å². The molecule has 1 amide bonds. The first-order chi connectivity index (χ1) is 17.2. The smallest absolute Gasteiger partial charge is 0.254 e. The highest BCUT2D eigenvalue weighted by atomic mass is 16.2. The number of allylic oxidation sites excluding steroid dienone is 8. The fourth-order valence-corrected chi connectivity index (χ4v) is 5.02. The average molecular weight is 458 g/mol. The molecule has 5 rings (SSSR count). The lowest BCUT2D eigenvalue weighted by atomic mass is 9.87. The van der Waals surface area contributed by atoms with Gasteiger partial charge in [0.2, 0.25) is 0 Å². The van der Waals surface area contributed by atoms with E-state index in [1.54, 1.807) is 6.08 Å². The van der Waals surface area contributed by atoms with Gasteiger partial charge >= 0.3 is 0 Å². The van der Waals surface area contributed by atoms with Gasteiger partial charge in [-0.15, -0.1) is 0 Å². The molecule has 0 heterocycles. The molecule has 35 heavy (non-hydrogen) atoms. The van der Waals surface area contributed by atoms with Crippen LogP contribution in [0.4, 0.5) is 0 Å². The van der Waals surface area contributed by atoms with Gasteiger partial charge in [-0.1, -0.05) is 91.0 Å². The summed E-state index contributed by atoms with van der Waals surface area (Å²) in [5, 5.41) is 0. The highest BCUT2D eigenvalue weighted by Crippen LogP contribution is 2.52. The van der Waals surface area contributed by atoms with Crippen molar-refractivity contribution >= 4 is 28.4 Å². The molecule has 0 radical (unpaired) electrons. The fourth-order valence-electron chi connectivity index (χ4n) is 5.02. The van der Waals surface area contributed by atoms with Gasteiger partial charge in [-0.05, 0) is 59.4 Å². The van der Waals surface area contributed by atoms with E-state index >= 15 is 0 Å². The number of carbonyl (C=O) groups is 2. The zero-order valence-corrected chi connectivity index (χ0v) is 20.0. The van der Waals surface area contributed by atoms with E-state index in [-0.39, 0.29) is 11.7 Å². The lowest BCUT2D eigenvalue weighted by molar-refractivity contribution is -0.111. The Kier molecular flexibility index (Phi) is 6.15. The molecular weight excluding hydrogens is 430 g/mol. The summed E-state index contributed by atoms with van der Waals surface area (Å²) >= 11 is 0. The second-order valence-electron chi connectivity index (χ2n) is 8.56. The predicted molar refractivity (Wildman–Crippen MR) is 143 cm³/mol. The molecule has 2 aliphatic rings. The van der Waals surface area contributed by atoms with Crippen LogP contribution in [0.15, 0.2) is 114 Å². The summed E-state index contributed by atoms with van der Waals surface area (Å²) in [4.78, 5) is 28.8. The second kappa shape index (κ2) is 9.55. The van der Waals surface area contributed by atoms with Crippen molar-refractivity contribution in [2.24, 2.45) is 0 Å². The third-order valence-electron chi connectivity index (χ3n) is 6.65. The van der Waals surface area contributed by atoms with E-state index in [0.717, 1.165) is 39.0 Å². The number of hydrogen-bond donors (Lipinski definition) is 0. The summed E-state index contributed by atoms with van der Waals surface area (Å²) in [6.45, 7) is 5.26. The number of ketones is 1. The summed E-state index contributed by atoms with van der Waals surface area (Å²) < 4.78 is 0. The van der Waals surface area contributed by atoms with Crippen LogP contribution in [0.2, 0.25) is 0 Å². The molecule has 0 aliphatic heterocycles. The Morgan fingerprint density at radius 2 is 1.26 bits per heavy atom. The molecular formula is C32H27NO2. The van der Waals surface area contributed by atoms with Crippen molar-refractivity contribution < 1.29 is 9.59 Å². The summed E-state index contributed by atoms with van der Waals surface area (Å²) in [5.74, 6) is -0.0199. The van der Waals surface area contributed by atoms with Crippen LogP contribution < -0.4 is 0 Å². The third kappa shape index (κ3) is 3.89. The Morgan fingerprint density at radius 1 is 0.686 bits per heavy atom. The average Bonchev–Trinajstić information content (AvgIpc) is 3.26. The number of hydrogen-bond acceptors (Lipinski definition) is 2. The molecule has 0 saturated heterocycles. The van der Waals surface area contributed by atoms with Crippen LogP contribution in [-0.4, -0.2) is 29.7 Å². The predicted octanol–water partition coefficient (Wildman–Crippen LogP) is 6.61. The zero-order chi connectivity index (χ0) is 24.4. The standard InChI is InChI=1S/C32H27NO2/c1-3-33(4-2)32(35)25-19-12-11-18-24(25)31-28(22-14-7-5-8-15-22)26-20-13-21-27(34)30(26)29(31)23-16-9-6-10-17-23/h5-21H,3-4H2,1-2H3. The Balaban J connectivity index is 1.88. The minimum absolute atomic E-state index is 0.00349. The zero-order valence-electron chi connectivity index (χ0n) is 20.0. The molecule has 3 nitrogen and oxygen atoms in total. The van der Waals surface area contributed by atoms with Gasteiger partial charge in [-0.3, -0.25) is 9.59 Å². The Hall–Kier alpha value is -4.24. The van der Waals surface area contributed by atoms with Gasteiger partial charge in [0.25, 0.3) is 5.91 Å². The van der Waals surface area contributed by atoms with Crippen LogP contribution >= 0.6 is 0 Å². The summed E-state index contributed by atoms with van der Waals surface area (Å²) in [6.07, 6.45) is 5.47. The van der Waals surface area contributed by atoms with Crippen LogP contribution in [0, 0.1) is 0 Å². The first-order valence-electron chi connectivity index (χ1n) is 12.1. The summed E-state index contributed by atoms with van der Waals surface area (Å²) in [7, 11) is 0. The molecule has 3 aromatic carbocycles. The molecule has 2 aliphatic carbocycles. The maximum Gasteiger partial charge on any atom is 0.254 e. The van der Waals surface area contributed by atoms with E-state index in [1.807, 2.05) is 104 Å². The number of rotatable bonds is 6. The van der Waals surface area contributed by atoms with E-state index in [1.165, 1.54) is 0 Å². The van der Waals surface area contributed by atoms with Crippen LogP contribution in [0.1, 0.15) is 40.9 Å². The number of amides is 1. The van der Waals surface area contributed by atoms with E-state index in [2.05, 4.69) is 12.1 Å². The maximum atomic E-state index is 13.6. The number of fused-ring (bicyclic) bond motifs is 1. The van der Waals surface area contributed by atoms with E-state index < -0.39 is 0 Å². The van der Waals surface area contributed by atoms with Gasteiger partial charge < -0.3 is 4.90 Å². The molecule has 0 aromatic heterocycles. The first-order valence-corrected chi connectivity index (χ1v) is 12.1. The lowest BCUT2D eigenvalue weighted by Gasteiger charge is -2.22. The van der Waals surface area contributed by atoms with Crippen LogP contribution in [-0.2, 0) is 4.79 Å². The van der Waals surface area contributed by atoms with E-state index in [0.29, 0.717) is 24.2 Å². The van der Waals surface area contributed by atoms with Gasteiger partial charge in [-0.25, -0.2) is 0 Å². The van der Waals surface area contributed by atoms with Crippen LogP contribution in [0.5, 0.6) is 0 Å². The highest BCUT2D eigenvalue weighted by molar-refractivity contribution is 6.35. The molecule has 0 fully saturated rings. The molecule has 0 spiro atoms. The Morgan fingerprint density at radius 3 is 1.89 bits per heavy atom. The number of carbonyl (C=O) groups excluding carboxylic acids is 2. The minimum Gasteiger partial charge on any atom is -0.339 e. The molecule has 0 atom stereocenters. The van der Waals surface area contributed by atoms with E-state index in [4.69, 9.17) is 0 Å². The number of nitrogens with zero attached hydrogens (tertiary/aromatic N) is 1. The molecule has 0 saturated carbocycles. The monoisotopic (exact) mass is 457 g/mol. The van der Waals surface area contributed by atoms with Crippen molar-refractivity contribution in [2.75, 3.05) is 13.1 Å². The molecule has 3 heteroatoms. The second-order valence-corrected chi connectivity index (χ2v) is 8.56. The van der Waals surface area contributed by atoms with Crippen molar-refractivity contribution in [1.29, 1.82) is 0 Å². The lowest BCUT2D eigenvalue weighted by Crippen LogP contribution is -2.31. The Labute approximate surface area is 206 Å². The van der Waals surface area contributed by atoms with Crippen molar-refractivity contribution in [1.82, 2.24) is 4.90 Å². The van der Waals surface area contributed by atoms with Crippen LogP contribution in [0.3, 0.4) is 0 Å². The molecule has 172 valence electrons. The van der Waals surface area contributed by atoms with Gasteiger partial charge in [-0.2, -0.15) is 0 Å². The SMILES string of the molecule is CCN(CC)C(=O)c1ccccc1C1=C(c2ccccc2)C2=CC=CC(=O)C2=C1c1ccccc1. The summed E-state index contributed by atoms with van der Waals surface area (Å²) in [6, 6.07) is 27.9. The quantitative estimate of drug-likeness (QED) is 0.418. The van der Waals surface area contributed by atoms with Crippen molar-refractivity contribution in [3.8, 4) is 0 Å². The summed E-state index contributed by atoms with van der Waals surface area (Å²) in [5.41, 5.74) is 7.86. The number of benzene rings is 3. The van der Waals surface area contributed by atoms with Gasteiger partial charge in [0.1, 0.15) is 0 Å². The largest absolute Gasteiger partial charge is 0.339 e. The first kappa shape index (κ1) is 22.5. The van der Waals surface area contributed by atoms with Crippen molar-refractivity contribution in [3.05, 3.63) is 137 Å². The van der Waals surface area contributed by atoms with Crippen molar-refractivity contribution in [3.63, 3.8) is 0 Å². The highest BCUT2D eigenvalue weighted by Gasteiger charge is 2.36. The fraction of sp³-hybridized carbons (Fsp3) is 0.125. The molecule has 3 aromatic rings. The van der Waals surface area contributed by atoms with Crippen molar-refractivity contribution in [2.45, 2.75) is 13.8 Å². The minimum atomic E-state index is -0.0164. The molecule has 0 unspecified atom stereocenters. The maximum absolute atomic E-state index is 13.6. The molecule has 0 N–H and O–H groups in total. The topological polar surface area (TPSA) is 37.4 Å².